The van der Waals surface area contributed by atoms with Crippen molar-refractivity contribution in [2.45, 2.75) is 58.2 Å². The van der Waals surface area contributed by atoms with Gasteiger partial charge in [0.2, 0.25) is 5.91 Å². The quantitative estimate of drug-likeness (QED) is 0.598. The molecule has 1 saturated carbocycles. The number of rotatable bonds is 8. The molecule has 1 saturated heterocycles. The maximum absolute atomic E-state index is 13.2. The fourth-order valence-electron chi connectivity index (χ4n) is 4.90. The van der Waals surface area contributed by atoms with Crippen LogP contribution in [0.1, 0.15) is 50.7 Å². The van der Waals surface area contributed by atoms with Crippen molar-refractivity contribution in [1.82, 2.24) is 15.1 Å². The van der Waals surface area contributed by atoms with Crippen molar-refractivity contribution in [3.63, 3.8) is 0 Å². The lowest BCUT2D eigenvalue weighted by Gasteiger charge is -2.36. The van der Waals surface area contributed by atoms with E-state index in [-0.39, 0.29) is 24.3 Å². The number of nitrogens with one attached hydrogen (secondary N) is 1. The summed E-state index contributed by atoms with van der Waals surface area (Å²) < 4.78 is 5.83. The molecule has 1 spiro atoms. The molecule has 0 radical (unpaired) electrons. The van der Waals surface area contributed by atoms with E-state index in [0.717, 1.165) is 41.0 Å². The van der Waals surface area contributed by atoms with Crippen molar-refractivity contribution in [2.24, 2.45) is 5.92 Å². The highest BCUT2D eigenvalue weighted by Gasteiger charge is 2.55. The minimum absolute atomic E-state index is 0.0719. The van der Waals surface area contributed by atoms with E-state index in [1.165, 1.54) is 0 Å². The largest absolute Gasteiger partial charge is 0.489 e. The standard InChI is InChI=1S/C27H33N3O4/c1-3-29(17-21-12-14-23(15-13-21)34-19-22-10-5-4-6-11-22)24(31)18-30-25(32)27(28-26(30)33)16-8-7-9-20(27)2/h4-6,10-15,20H,3,7-9,16-19H2,1-2H3,(H,28,33)/t20-,27-/m0/s1. The lowest BCUT2D eigenvalue weighted by atomic mass is 9.73. The van der Waals surface area contributed by atoms with Crippen molar-refractivity contribution >= 4 is 17.8 Å². The third kappa shape index (κ3) is 4.93. The Bertz CT molecular complexity index is 1020. The number of nitrogens with zero attached hydrogens (tertiary/aromatic N) is 2. The van der Waals surface area contributed by atoms with Crippen LogP contribution in [0.2, 0.25) is 0 Å². The van der Waals surface area contributed by atoms with Crippen LogP contribution < -0.4 is 10.1 Å². The summed E-state index contributed by atoms with van der Waals surface area (Å²) in [5.41, 5.74) is 1.21. The summed E-state index contributed by atoms with van der Waals surface area (Å²) in [4.78, 5) is 41.6. The highest BCUT2D eigenvalue weighted by molar-refractivity contribution is 6.09. The normalized spacial score (nSPS) is 22.1. The molecule has 0 unspecified atom stereocenters. The number of imide groups is 1. The molecule has 0 bridgehead atoms. The van der Waals surface area contributed by atoms with Crippen molar-refractivity contribution in [2.75, 3.05) is 13.1 Å². The van der Waals surface area contributed by atoms with Crippen LogP contribution in [-0.4, -0.2) is 46.3 Å². The van der Waals surface area contributed by atoms with Gasteiger partial charge in [-0.3, -0.25) is 14.5 Å². The number of hydrogen-bond donors (Lipinski definition) is 1. The van der Waals surface area contributed by atoms with Gasteiger partial charge in [-0.05, 0) is 48.9 Å². The molecule has 2 fully saturated rings. The summed E-state index contributed by atoms with van der Waals surface area (Å²) in [5, 5.41) is 2.91. The Labute approximate surface area is 201 Å². The lowest BCUT2D eigenvalue weighted by Crippen LogP contribution is -2.54. The SMILES string of the molecule is CCN(Cc1ccc(OCc2ccccc2)cc1)C(=O)CN1C(=O)N[C@]2(CCCC[C@@H]2C)C1=O. The third-order valence-electron chi connectivity index (χ3n) is 7.07. The molecule has 4 amide bonds. The Morgan fingerprint density at radius 2 is 1.82 bits per heavy atom. The fourth-order valence-corrected chi connectivity index (χ4v) is 4.90. The first-order valence-electron chi connectivity index (χ1n) is 12.1. The number of urea groups is 1. The van der Waals surface area contributed by atoms with Crippen LogP contribution in [-0.2, 0) is 22.7 Å². The summed E-state index contributed by atoms with van der Waals surface area (Å²) in [6.07, 6.45) is 3.51. The van der Waals surface area contributed by atoms with Gasteiger partial charge in [-0.2, -0.15) is 0 Å². The minimum Gasteiger partial charge on any atom is -0.489 e. The van der Waals surface area contributed by atoms with Crippen molar-refractivity contribution in [1.29, 1.82) is 0 Å². The summed E-state index contributed by atoms with van der Waals surface area (Å²) >= 11 is 0. The summed E-state index contributed by atoms with van der Waals surface area (Å²) in [5.74, 6) is 0.334. The van der Waals surface area contributed by atoms with E-state index in [2.05, 4.69) is 5.32 Å². The molecule has 4 rings (SSSR count). The van der Waals surface area contributed by atoms with Crippen molar-refractivity contribution < 1.29 is 19.1 Å². The van der Waals surface area contributed by atoms with E-state index < -0.39 is 11.6 Å². The number of amides is 4. The first-order valence-corrected chi connectivity index (χ1v) is 12.1. The van der Waals surface area contributed by atoms with E-state index >= 15 is 0 Å². The lowest BCUT2D eigenvalue weighted by molar-refractivity contribution is -0.140. The monoisotopic (exact) mass is 463 g/mol. The van der Waals surface area contributed by atoms with Crippen molar-refractivity contribution in [3.8, 4) is 5.75 Å². The zero-order chi connectivity index (χ0) is 24.1. The molecule has 1 aliphatic carbocycles. The van der Waals surface area contributed by atoms with Crippen LogP contribution in [0, 0.1) is 5.92 Å². The topological polar surface area (TPSA) is 79.0 Å². The Balaban J connectivity index is 1.34. The molecule has 2 aliphatic rings. The first-order chi connectivity index (χ1) is 16.4. The molecule has 7 heteroatoms. The molecule has 7 nitrogen and oxygen atoms in total. The number of carbonyl (C=O) groups is 3. The molecule has 1 heterocycles. The number of likely N-dealkylation sites (N-methyl/N-ethyl adjacent to an activating group) is 1. The molecular weight excluding hydrogens is 430 g/mol. The summed E-state index contributed by atoms with van der Waals surface area (Å²) in [7, 11) is 0. The molecule has 2 aromatic rings. The maximum atomic E-state index is 13.2. The second-order valence-electron chi connectivity index (χ2n) is 9.27. The molecule has 1 aliphatic heterocycles. The maximum Gasteiger partial charge on any atom is 0.325 e. The summed E-state index contributed by atoms with van der Waals surface area (Å²) in [6, 6.07) is 17.2. The second-order valence-corrected chi connectivity index (χ2v) is 9.27. The van der Waals surface area contributed by atoms with Gasteiger partial charge in [0.1, 0.15) is 24.4 Å². The average Bonchev–Trinajstić information content (AvgIpc) is 3.09. The third-order valence-corrected chi connectivity index (χ3v) is 7.07. The van der Waals surface area contributed by atoms with Gasteiger partial charge in [-0.15, -0.1) is 0 Å². The van der Waals surface area contributed by atoms with Gasteiger partial charge in [-0.25, -0.2) is 4.79 Å². The zero-order valence-electron chi connectivity index (χ0n) is 20.0. The molecule has 1 N–H and O–H groups in total. The molecule has 34 heavy (non-hydrogen) atoms. The zero-order valence-corrected chi connectivity index (χ0v) is 20.0. The molecule has 2 aromatic carbocycles. The first kappa shape index (κ1) is 23.8. The second kappa shape index (κ2) is 10.3. The van der Waals surface area contributed by atoms with Gasteiger partial charge in [0.15, 0.2) is 0 Å². The van der Waals surface area contributed by atoms with E-state index in [1.54, 1.807) is 4.90 Å². The predicted octanol–water partition coefficient (Wildman–Crippen LogP) is 4.11. The van der Waals surface area contributed by atoms with E-state index in [9.17, 15) is 14.4 Å². The van der Waals surface area contributed by atoms with Crippen LogP contribution >= 0.6 is 0 Å². The predicted molar refractivity (Wildman–Crippen MR) is 129 cm³/mol. The Morgan fingerprint density at radius 1 is 1.09 bits per heavy atom. The van der Waals surface area contributed by atoms with Gasteiger partial charge in [0.25, 0.3) is 5.91 Å². The van der Waals surface area contributed by atoms with Crippen molar-refractivity contribution in [3.05, 3.63) is 65.7 Å². The van der Waals surface area contributed by atoms with Crippen LogP contribution in [0.3, 0.4) is 0 Å². The minimum atomic E-state index is -0.845. The van der Waals surface area contributed by atoms with Gasteiger partial charge >= 0.3 is 6.03 Å². The van der Waals surface area contributed by atoms with Crippen LogP contribution in [0.4, 0.5) is 4.79 Å². The number of ether oxygens (including phenoxy) is 1. The van der Waals surface area contributed by atoms with Gasteiger partial charge in [-0.1, -0.05) is 62.2 Å². The molecule has 2 atom stereocenters. The average molecular weight is 464 g/mol. The Kier molecular flexibility index (Phi) is 7.20. The number of hydrogen-bond acceptors (Lipinski definition) is 4. The highest BCUT2D eigenvalue weighted by Crippen LogP contribution is 2.38. The molecular formula is C27H33N3O4. The summed E-state index contributed by atoms with van der Waals surface area (Å²) in [6.45, 7) is 5.05. The van der Waals surface area contributed by atoms with E-state index in [0.29, 0.717) is 26.1 Å². The smallest absolute Gasteiger partial charge is 0.325 e. The van der Waals surface area contributed by atoms with E-state index in [1.807, 2.05) is 68.4 Å². The van der Waals surface area contributed by atoms with Gasteiger partial charge in [0.05, 0.1) is 0 Å². The molecule has 0 aromatic heterocycles. The number of benzene rings is 2. The fraction of sp³-hybridized carbons (Fsp3) is 0.444. The Morgan fingerprint density at radius 3 is 2.50 bits per heavy atom. The van der Waals surface area contributed by atoms with Gasteiger partial charge in [0, 0.05) is 13.1 Å². The van der Waals surface area contributed by atoms with Gasteiger partial charge < -0.3 is 15.0 Å². The Hall–Kier alpha value is -3.35. The number of carbonyl (C=O) groups excluding carboxylic acids is 3. The van der Waals surface area contributed by atoms with Crippen LogP contribution in [0.15, 0.2) is 54.6 Å². The van der Waals surface area contributed by atoms with Crippen LogP contribution in [0.25, 0.3) is 0 Å². The highest BCUT2D eigenvalue weighted by atomic mass is 16.5. The van der Waals surface area contributed by atoms with Crippen LogP contribution in [0.5, 0.6) is 5.75 Å². The molecule has 180 valence electrons. The van der Waals surface area contributed by atoms with E-state index in [4.69, 9.17) is 4.74 Å².